The number of hydrogen-bond donors (Lipinski definition) is 1. The lowest BCUT2D eigenvalue weighted by molar-refractivity contribution is 0.0580. The van der Waals surface area contributed by atoms with Crippen molar-refractivity contribution in [3.05, 3.63) is 96.4 Å². The van der Waals surface area contributed by atoms with E-state index in [1.54, 1.807) is 12.4 Å². The van der Waals surface area contributed by atoms with E-state index in [1.165, 1.54) is 5.56 Å². The summed E-state index contributed by atoms with van der Waals surface area (Å²) in [6, 6.07) is 14.5. The number of nitrogens with zero attached hydrogens (tertiary/aromatic N) is 1. The van der Waals surface area contributed by atoms with Gasteiger partial charge in [0.2, 0.25) is 0 Å². The van der Waals surface area contributed by atoms with Crippen LogP contribution in [-0.4, -0.2) is 28.9 Å². The van der Waals surface area contributed by atoms with E-state index in [-0.39, 0.29) is 12.5 Å². The first-order chi connectivity index (χ1) is 13.8. The highest BCUT2D eigenvalue weighted by Crippen LogP contribution is 2.30. The number of aliphatic hydroxyl groups excluding tert-OH is 1. The molecule has 3 rings (SSSR count). The highest BCUT2D eigenvalue weighted by molar-refractivity contribution is 5.53. The molecule has 3 heteroatoms. The lowest BCUT2D eigenvalue weighted by atomic mass is 9.87. The minimum absolute atomic E-state index is 0.270. The van der Waals surface area contributed by atoms with Crippen molar-refractivity contribution in [2.45, 2.75) is 37.2 Å². The van der Waals surface area contributed by atoms with Gasteiger partial charge in [-0.25, -0.2) is 0 Å². The standard InChI is InChI=1S/C25H29NO2/c27-20-6-1-2-7-21-28-25(15-10-22-13-18-26-19-14-22)16-11-24(12-17-25)23-8-4-3-5-9-23/h3-5,8-19,24,27H,1-2,6-7,20-21H2/b15-10+. The van der Waals surface area contributed by atoms with Crippen LogP contribution in [0.3, 0.4) is 0 Å². The summed E-state index contributed by atoms with van der Waals surface area (Å²) >= 11 is 0. The van der Waals surface area contributed by atoms with Crippen LogP contribution in [0.5, 0.6) is 0 Å². The number of unbranched alkanes of at least 4 members (excludes halogenated alkanes) is 3. The van der Waals surface area contributed by atoms with Gasteiger partial charge < -0.3 is 9.84 Å². The van der Waals surface area contributed by atoms with Crippen molar-refractivity contribution in [3.8, 4) is 0 Å². The molecule has 0 bridgehead atoms. The molecule has 2 aromatic rings. The van der Waals surface area contributed by atoms with Crippen molar-refractivity contribution >= 4 is 6.08 Å². The number of rotatable bonds is 10. The van der Waals surface area contributed by atoms with Crippen LogP contribution in [-0.2, 0) is 4.74 Å². The van der Waals surface area contributed by atoms with Crippen molar-refractivity contribution in [2.24, 2.45) is 0 Å². The highest BCUT2D eigenvalue weighted by atomic mass is 16.5. The van der Waals surface area contributed by atoms with Crippen molar-refractivity contribution in [2.75, 3.05) is 13.2 Å². The summed E-state index contributed by atoms with van der Waals surface area (Å²) in [4.78, 5) is 4.08. The first-order valence-electron chi connectivity index (χ1n) is 10.1. The summed E-state index contributed by atoms with van der Waals surface area (Å²) in [5, 5.41) is 8.90. The van der Waals surface area contributed by atoms with Crippen LogP contribution in [0.25, 0.3) is 6.08 Å². The van der Waals surface area contributed by atoms with Gasteiger partial charge in [0, 0.05) is 31.5 Å². The Morgan fingerprint density at radius 1 is 0.929 bits per heavy atom. The first-order valence-corrected chi connectivity index (χ1v) is 10.1. The van der Waals surface area contributed by atoms with Gasteiger partial charge in [0.05, 0.1) is 0 Å². The van der Waals surface area contributed by atoms with Crippen LogP contribution < -0.4 is 0 Å². The average Bonchev–Trinajstić information content (AvgIpc) is 2.77. The average molecular weight is 376 g/mol. The Bertz CT molecular complexity index is 767. The number of aliphatic hydroxyl groups is 1. The molecule has 0 saturated heterocycles. The maximum absolute atomic E-state index is 8.90. The number of pyridine rings is 1. The Labute approximate surface area is 168 Å². The molecule has 0 fully saturated rings. The second kappa shape index (κ2) is 10.7. The molecule has 0 unspecified atom stereocenters. The Hall–Kier alpha value is -2.49. The smallest absolute Gasteiger partial charge is 0.123 e. The van der Waals surface area contributed by atoms with Crippen molar-refractivity contribution in [1.82, 2.24) is 4.98 Å². The molecule has 1 aliphatic carbocycles. The second-order valence-electron chi connectivity index (χ2n) is 7.11. The molecule has 0 aliphatic heterocycles. The third kappa shape index (κ3) is 6.01. The van der Waals surface area contributed by atoms with Crippen LogP contribution >= 0.6 is 0 Å². The molecule has 0 atom stereocenters. The van der Waals surface area contributed by atoms with Crippen molar-refractivity contribution < 1.29 is 9.84 Å². The van der Waals surface area contributed by atoms with E-state index in [2.05, 4.69) is 65.7 Å². The summed E-state index contributed by atoms with van der Waals surface area (Å²) in [7, 11) is 0. The van der Waals surface area contributed by atoms with Gasteiger partial charge in [0.25, 0.3) is 0 Å². The second-order valence-corrected chi connectivity index (χ2v) is 7.11. The summed E-state index contributed by atoms with van der Waals surface area (Å²) in [5.41, 5.74) is 1.87. The molecule has 3 nitrogen and oxygen atoms in total. The Balaban J connectivity index is 1.69. The van der Waals surface area contributed by atoms with E-state index in [1.807, 2.05) is 18.2 Å². The number of aromatic nitrogens is 1. The maximum atomic E-state index is 8.90. The summed E-state index contributed by atoms with van der Waals surface area (Å²) in [6.45, 7) is 0.961. The third-order valence-electron chi connectivity index (χ3n) is 4.96. The van der Waals surface area contributed by atoms with Gasteiger partial charge in [-0.2, -0.15) is 0 Å². The van der Waals surface area contributed by atoms with Crippen LogP contribution in [0.15, 0.2) is 85.2 Å². The van der Waals surface area contributed by atoms with E-state index in [9.17, 15) is 0 Å². The fourth-order valence-electron chi connectivity index (χ4n) is 3.30. The molecule has 1 aromatic heterocycles. The maximum Gasteiger partial charge on any atom is 0.123 e. The quantitative estimate of drug-likeness (QED) is 0.452. The van der Waals surface area contributed by atoms with Gasteiger partial charge in [-0.05, 0) is 54.3 Å². The number of hydrogen-bond acceptors (Lipinski definition) is 3. The number of allylic oxidation sites excluding steroid dienone is 2. The van der Waals surface area contributed by atoms with E-state index in [0.29, 0.717) is 6.61 Å². The van der Waals surface area contributed by atoms with Crippen LogP contribution in [0, 0.1) is 0 Å². The largest absolute Gasteiger partial charge is 0.396 e. The minimum Gasteiger partial charge on any atom is -0.396 e. The van der Waals surface area contributed by atoms with Crippen molar-refractivity contribution in [3.63, 3.8) is 0 Å². The van der Waals surface area contributed by atoms with Gasteiger partial charge in [-0.15, -0.1) is 0 Å². The molecule has 0 amide bonds. The topological polar surface area (TPSA) is 42.4 Å². The molecule has 1 aromatic carbocycles. The van der Waals surface area contributed by atoms with E-state index >= 15 is 0 Å². The van der Waals surface area contributed by atoms with Crippen LogP contribution in [0.4, 0.5) is 0 Å². The zero-order chi connectivity index (χ0) is 19.5. The fraction of sp³-hybridized carbons (Fsp3) is 0.320. The third-order valence-corrected chi connectivity index (χ3v) is 4.96. The Morgan fingerprint density at radius 2 is 1.64 bits per heavy atom. The minimum atomic E-state index is -0.522. The highest BCUT2D eigenvalue weighted by Gasteiger charge is 2.25. The van der Waals surface area contributed by atoms with Gasteiger partial charge in [-0.3, -0.25) is 4.98 Å². The first kappa shape index (κ1) is 20.2. The van der Waals surface area contributed by atoms with E-state index in [0.717, 1.165) is 31.2 Å². The van der Waals surface area contributed by atoms with Gasteiger partial charge >= 0.3 is 0 Å². The lowest BCUT2D eigenvalue weighted by Crippen LogP contribution is -2.28. The molecular weight excluding hydrogens is 346 g/mol. The number of benzene rings is 1. The zero-order valence-electron chi connectivity index (χ0n) is 16.3. The molecule has 0 spiro atoms. The number of ether oxygens (including phenoxy) is 1. The predicted molar refractivity (Wildman–Crippen MR) is 115 cm³/mol. The summed E-state index contributed by atoms with van der Waals surface area (Å²) < 4.78 is 6.32. The predicted octanol–water partition coefficient (Wildman–Crippen LogP) is 5.31. The van der Waals surface area contributed by atoms with Gasteiger partial charge in [0.15, 0.2) is 0 Å². The summed E-state index contributed by atoms with van der Waals surface area (Å²) in [5.74, 6) is 0.275. The van der Waals surface area contributed by atoms with Crippen LogP contribution in [0.2, 0.25) is 0 Å². The molecule has 0 radical (unpaired) electrons. The summed E-state index contributed by atoms with van der Waals surface area (Å²) in [6.07, 6.45) is 20.5. The molecule has 0 saturated carbocycles. The molecule has 1 heterocycles. The molecule has 1 N–H and O–H groups in total. The van der Waals surface area contributed by atoms with Gasteiger partial charge in [0.1, 0.15) is 5.60 Å². The lowest BCUT2D eigenvalue weighted by Gasteiger charge is -2.29. The Morgan fingerprint density at radius 3 is 2.36 bits per heavy atom. The molecule has 146 valence electrons. The zero-order valence-corrected chi connectivity index (χ0v) is 16.3. The SMILES string of the molecule is OCCCCCCOC1(/C=C/c2ccncc2)C=CC(c2ccccc2)C=C1. The van der Waals surface area contributed by atoms with E-state index in [4.69, 9.17) is 9.84 Å². The van der Waals surface area contributed by atoms with E-state index < -0.39 is 5.60 Å². The van der Waals surface area contributed by atoms with Crippen molar-refractivity contribution in [1.29, 1.82) is 0 Å². The molecular formula is C25H29NO2. The fourth-order valence-corrected chi connectivity index (χ4v) is 3.30. The Kier molecular flexibility index (Phi) is 7.77. The normalized spacial score (nSPS) is 21.4. The van der Waals surface area contributed by atoms with Gasteiger partial charge in [-0.1, -0.05) is 61.4 Å². The monoisotopic (exact) mass is 375 g/mol. The molecule has 1 aliphatic rings. The van der Waals surface area contributed by atoms with Crippen LogP contribution in [0.1, 0.15) is 42.7 Å². The molecule has 28 heavy (non-hydrogen) atoms.